The number of β-amino-alcohol motifs (C(OH)–C–C–N with tert-alkyl or cyclic N) is 1. The van der Waals surface area contributed by atoms with E-state index in [0.29, 0.717) is 19.5 Å². The molecule has 2 heterocycles. The normalized spacial score (nSPS) is 25.5. The fourth-order valence-electron chi connectivity index (χ4n) is 3.60. The Balaban J connectivity index is 1.69. The topological polar surface area (TPSA) is 71.2 Å². The van der Waals surface area contributed by atoms with E-state index < -0.39 is 5.60 Å². The van der Waals surface area contributed by atoms with Crippen LogP contribution in [0.15, 0.2) is 23.5 Å². The van der Waals surface area contributed by atoms with Crippen molar-refractivity contribution in [1.29, 1.82) is 0 Å². The summed E-state index contributed by atoms with van der Waals surface area (Å²) in [5.74, 6) is 0.0913. The smallest absolute Gasteiger partial charge is 0.249 e. The van der Waals surface area contributed by atoms with Crippen molar-refractivity contribution in [1.82, 2.24) is 19.9 Å². The number of hydrogen-bond acceptors (Lipinski definition) is 4. The van der Waals surface area contributed by atoms with Crippen LogP contribution in [0, 0.1) is 0 Å². The lowest BCUT2D eigenvalue weighted by molar-refractivity contribution is -0.135. The first-order chi connectivity index (χ1) is 10.6. The van der Waals surface area contributed by atoms with Gasteiger partial charge in [0.1, 0.15) is 5.60 Å². The summed E-state index contributed by atoms with van der Waals surface area (Å²) in [6.07, 6.45) is 9.33. The van der Waals surface area contributed by atoms with Gasteiger partial charge in [0.25, 0.3) is 0 Å². The molecule has 1 aromatic rings. The van der Waals surface area contributed by atoms with Crippen LogP contribution in [0.4, 0.5) is 0 Å². The molecule has 2 fully saturated rings. The van der Waals surface area contributed by atoms with Crippen molar-refractivity contribution in [2.75, 3.05) is 13.1 Å². The molecule has 0 radical (unpaired) electrons. The maximum Gasteiger partial charge on any atom is 0.249 e. The van der Waals surface area contributed by atoms with E-state index in [1.54, 1.807) is 22.0 Å². The maximum atomic E-state index is 12.7. The lowest BCUT2D eigenvalue weighted by Gasteiger charge is -2.39. The average molecular weight is 304 g/mol. The Morgan fingerprint density at radius 3 is 2.82 bits per heavy atom. The van der Waals surface area contributed by atoms with Gasteiger partial charge in [0.15, 0.2) is 0 Å². The molecule has 1 aromatic heterocycles. The molecular formula is C16H24N4O2. The third-order valence-electron chi connectivity index (χ3n) is 4.83. The SMILES string of the molecule is CC(C(=O)N1CCCC(O)(Cn2ccnn2)C1)=C1CCCC1. The van der Waals surface area contributed by atoms with E-state index in [9.17, 15) is 9.90 Å². The number of carbonyl (C=O) groups excluding carboxylic acids is 1. The average Bonchev–Trinajstić information content (AvgIpc) is 3.18. The maximum absolute atomic E-state index is 12.7. The van der Waals surface area contributed by atoms with Crippen molar-refractivity contribution in [3.63, 3.8) is 0 Å². The molecule has 1 N–H and O–H groups in total. The molecule has 1 atom stereocenters. The van der Waals surface area contributed by atoms with Crippen LogP contribution in [0.25, 0.3) is 0 Å². The monoisotopic (exact) mass is 304 g/mol. The zero-order valence-electron chi connectivity index (χ0n) is 13.2. The van der Waals surface area contributed by atoms with Crippen LogP contribution in [0.3, 0.4) is 0 Å². The van der Waals surface area contributed by atoms with E-state index in [0.717, 1.165) is 31.4 Å². The molecule has 1 amide bonds. The van der Waals surface area contributed by atoms with Gasteiger partial charge in [0, 0.05) is 18.3 Å². The lowest BCUT2D eigenvalue weighted by Crippen LogP contribution is -2.52. The zero-order valence-corrected chi connectivity index (χ0v) is 13.2. The van der Waals surface area contributed by atoms with Crippen LogP contribution in [-0.4, -0.2) is 49.6 Å². The van der Waals surface area contributed by atoms with Gasteiger partial charge in [0.05, 0.1) is 19.3 Å². The Hall–Kier alpha value is -1.69. The van der Waals surface area contributed by atoms with Gasteiger partial charge in [0.2, 0.25) is 5.91 Å². The van der Waals surface area contributed by atoms with Crippen molar-refractivity contribution in [3.05, 3.63) is 23.5 Å². The quantitative estimate of drug-likeness (QED) is 0.860. The molecule has 0 bridgehead atoms. The first-order valence-electron chi connectivity index (χ1n) is 8.12. The minimum Gasteiger partial charge on any atom is -0.386 e. The molecular weight excluding hydrogens is 280 g/mol. The highest BCUT2D eigenvalue weighted by atomic mass is 16.3. The Morgan fingerprint density at radius 2 is 2.14 bits per heavy atom. The molecule has 0 aromatic carbocycles. The highest BCUT2D eigenvalue weighted by molar-refractivity contribution is 5.93. The summed E-state index contributed by atoms with van der Waals surface area (Å²) in [6, 6.07) is 0. The lowest BCUT2D eigenvalue weighted by atomic mass is 9.92. The number of nitrogens with zero attached hydrogens (tertiary/aromatic N) is 4. The summed E-state index contributed by atoms with van der Waals surface area (Å²) >= 11 is 0. The largest absolute Gasteiger partial charge is 0.386 e. The second kappa shape index (κ2) is 6.20. The number of hydrogen-bond donors (Lipinski definition) is 1. The number of piperidine rings is 1. The highest BCUT2D eigenvalue weighted by Gasteiger charge is 2.36. The first kappa shape index (κ1) is 15.2. The fourth-order valence-corrected chi connectivity index (χ4v) is 3.60. The van der Waals surface area contributed by atoms with Crippen molar-refractivity contribution >= 4 is 5.91 Å². The number of aromatic nitrogens is 3. The molecule has 0 spiro atoms. The van der Waals surface area contributed by atoms with E-state index >= 15 is 0 Å². The Labute approximate surface area is 130 Å². The molecule has 22 heavy (non-hydrogen) atoms. The number of amides is 1. The summed E-state index contributed by atoms with van der Waals surface area (Å²) < 4.78 is 1.64. The third-order valence-corrected chi connectivity index (χ3v) is 4.83. The third kappa shape index (κ3) is 3.21. The van der Waals surface area contributed by atoms with Gasteiger partial charge in [-0.3, -0.25) is 4.79 Å². The summed E-state index contributed by atoms with van der Waals surface area (Å²) in [6.45, 7) is 3.42. The van der Waals surface area contributed by atoms with Crippen molar-refractivity contribution < 1.29 is 9.90 Å². The summed E-state index contributed by atoms with van der Waals surface area (Å²) in [5.41, 5.74) is 1.28. The van der Waals surface area contributed by atoms with Crippen LogP contribution in [-0.2, 0) is 11.3 Å². The Morgan fingerprint density at radius 1 is 1.36 bits per heavy atom. The minimum absolute atomic E-state index is 0.0913. The number of likely N-dealkylation sites (tertiary alicyclic amines) is 1. The molecule has 3 rings (SSSR count). The molecule has 1 aliphatic heterocycles. The molecule has 120 valence electrons. The number of aliphatic hydroxyl groups is 1. The van der Waals surface area contributed by atoms with Gasteiger partial charge in [-0.15, -0.1) is 5.10 Å². The van der Waals surface area contributed by atoms with E-state index in [1.807, 2.05) is 6.92 Å². The zero-order chi connectivity index (χ0) is 15.6. The van der Waals surface area contributed by atoms with Crippen LogP contribution >= 0.6 is 0 Å². The van der Waals surface area contributed by atoms with E-state index in [2.05, 4.69) is 10.3 Å². The second-order valence-corrected chi connectivity index (χ2v) is 6.59. The second-order valence-electron chi connectivity index (χ2n) is 6.59. The summed E-state index contributed by atoms with van der Waals surface area (Å²) in [7, 11) is 0. The van der Waals surface area contributed by atoms with Crippen molar-refractivity contribution in [2.45, 2.75) is 57.6 Å². The number of rotatable bonds is 3. The number of carbonyl (C=O) groups is 1. The fraction of sp³-hybridized carbons (Fsp3) is 0.688. The molecule has 1 saturated heterocycles. The van der Waals surface area contributed by atoms with Crippen molar-refractivity contribution in [2.24, 2.45) is 0 Å². The molecule has 1 aliphatic carbocycles. The van der Waals surface area contributed by atoms with Gasteiger partial charge in [-0.05, 0) is 45.4 Å². The number of allylic oxidation sites excluding steroid dienone is 1. The molecule has 6 nitrogen and oxygen atoms in total. The Kier molecular flexibility index (Phi) is 4.29. The summed E-state index contributed by atoms with van der Waals surface area (Å²) in [5, 5.41) is 18.5. The standard InChI is InChI=1S/C16H24N4O2/c1-13(14-5-2-3-6-14)15(21)19-9-4-7-16(22,11-19)12-20-10-8-17-18-20/h8,10,22H,2-7,9,11-12H2,1H3. The van der Waals surface area contributed by atoms with Gasteiger partial charge in [-0.1, -0.05) is 10.8 Å². The predicted octanol–water partition coefficient (Wildman–Crippen LogP) is 1.52. The first-order valence-corrected chi connectivity index (χ1v) is 8.12. The molecule has 1 unspecified atom stereocenters. The molecule has 1 saturated carbocycles. The van der Waals surface area contributed by atoms with Gasteiger partial charge in [-0.25, -0.2) is 4.68 Å². The summed E-state index contributed by atoms with van der Waals surface area (Å²) in [4.78, 5) is 14.5. The van der Waals surface area contributed by atoms with Crippen LogP contribution in [0.1, 0.15) is 45.4 Å². The highest BCUT2D eigenvalue weighted by Crippen LogP contribution is 2.29. The van der Waals surface area contributed by atoms with E-state index in [1.165, 1.54) is 18.4 Å². The van der Waals surface area contributed by atoms with Crippen LogP contribution < -0.4 is 0 Å². The predicted molar refractivity (Wildman–Crippen MR) is 82.0 cm³/mol. The Bertz CT molecular complexity index is 559. The van der Waals surface area contributed by atoms with E-state index in [-0.39, 0.29) is 5.91 Å². The minimum atomic E-state index is -0.914. The van der Waals surface area contributed by atoms with Gasteiger partial charge < -0.3 is 10.0 Å². The molecule has 6 heteroatoms. The van der Waals surface area contributed by atoms with Crippen LogP contribution in [0.2, 0.25) is 0 Å². The van der Waals surface area contributed by atoms with Crippen molar-refractivity contribution in [3.8, 4) is 0 Å². The van der Waals surface area contributed by atoms with Gasteiger partial charge in [-0.2, -0.15) is 0 Å². The van der Waals surface area contributed by atoms with Gasteiger partial charge >= 0.3 is 0 Å². The van der Waals surface area contributed by atoms with Crippen LogP contribution in [0.5, 0.6) is 0 Å². The van der Waals surface area contributed by atoms with E-state index in [4.69, 9.17) is 0 Å². The molecule has 2 aliphatic rings.